The molecule has 7 nitrogen and oxygen atoms in total. The molecule has 0 saturated carbocycles. The van der Waals surface area contributed by atoms with E-state index in [-0.39, 0.29) is 10.5 Å². The Hall–Kier alpha value is -3.52. The van der Waals surface area contributed by atoms with Crippen molar-refractivity contribution < 1.29 is 17.6 Å². The topological polar surface area (TPSA) is 90.5 Å². The van der Waals surface area contributed by atoms with Gasteiger partial charge in [-0.1, -0.05) is 30.3 Å². The lowest BCUT2D eigenvalue weighted by Gasteiger charge is -2.11. The summed E-state index contributed by atoms with van der Waals surface area (Å²) in [4.78, 5) is 11.7. The third kappa shape index (κ3) is 3.95. The van der Waals surface area contributed by atoms with Gasteiger partial charge >= 0.3 is 5.76 Å². The molecule has 4 aromatic rings. The van der Waals surface area contributed by atoms with Gasteiger partial charge in [-0.2, -0.15) is 0 Å². The van der Waals surface area contributed by atoms with Crippen molar-refractivity contribution in [3.05, 3.63) is 88.4 Å². The smallest absolute Gasteiger partial charge is 0.419 e. The highest BCUT2D eigenvalue weighted by atomic mass is 32.2. The summed E-state index contributed by atoms with van der Waals surface area (Å²) < 4.78 is 40.5. The van der Waals surface area contributed by atoms with Crippen LogP contribution in [0.3, 0.4) is 0 Å². The van der Waals surface area contributed by atoms with E-state index in [4.69, 9.17) is 9.15 Å². The van der Waals surface area contributed by atoms with E-state index in [9.17, 15) is 13.2 Å². The maximum atomic E-state index is 12.9. The molecule has 154 valence electrons. The third-order valence-electron chi connectivity index (χ3n) is 4.73. The Kier molecular flexibility index (Phi) is 5.09. The van der Waals surface area contributed by atoms with Crippen LogP contribution in [0.25, 0.3) is 11.1 Å². The number of oxazole rings is 1. The van der Waals surface area contributed by atoms with Crippen molar-refractivity contribution in [2.75, 3.05) is 4.72 Å². The summed E-state index contributed by atoms with van der Waals surface area (Å²) in [5, 5.41) is 0. The largest absolute Gasteiger partial charge is 0.489 e. The fourth-order valence-electron chi connectivity index (χ4n) is 3.12. The van der Waals surface area contributed by atoms with Crippen LogP contribution >= 0.6 is 0 Å². The zero-order chi connectivity index (χ0) is 21.3. The van der Waals surface area contributed by atoms with E-state index in [1.165, 1.54) is 10.6 Å². The van der Waals surface area contributed by atoms with E-state index in [2.05, 4.69) is 4.72 Å². The van der Waals surface area contributed by atoms with Gasteiger partial charge in [0.05, 0.1) is 10.4 Å². The molecular weight excluding hydrogens is 404 g/mol. The molecule has 1 N–H and O–H groups in total. The van der Waals surface area contributed by atoms with Crippen molar-refractivity contribution in [2.24, 2.45) is 7.05 Å². The zero-order valence-electron chi connectivity index (χ0n) is 16.5. The second-order valence-corrected chi connectivity index (χ2v) is 8.57. The van der Waals surface area contributed by atoms with Crippen molar-refractivity contribution >= 4 is 26.8 Å². The lowest BCUT2D eigenvalue weighted by Crippen LogP contribution is -2.14. The minimum atomic E-state index is -3.87. The normalized spacial score (nSPS) is 11.5. The van der Waals surface area contributed by atoms with Crippen LogP contribution in [0, 0.1) is 6.92 Å². The van der Waals surface area contributed by atoms with Crippen molar-refractivity contribution in [1.29, 1.82) is 0 Å². The van der Waals surface area contributed by atoms with E-state index in [1.807, 2.05) is 30.3 Å². The van der Waals surface area contributed by atoms with Crippen LogP contribution in [0.2, 0.25) is 0 Å². The van der Waals surface area contributed by atoms with Crippen LogP contribution in [-0.4, -0.2) is 13.0 Å². The second-order valence-electron chi connectivity index (χ2n) is 6.92. The van der Waals surface area contributed by atoms with Crippen LogP contribution in [0.5, 0.6) is 5.75 Å². The van der Waals surface area contributed by atoms with E-state index in [0.717, 1.165) is 5.56 Å². The summed E-state index contributed by atoms with van der Waals surface area (Å²) in [6.07, 6.45) is 0. The number of rotatable bonds is 6. The van der Waals surface area contributed by atoms with Gasteiger partial charge in [0, 0.05) is 18.8 Å². The minimum absolute atomic E-state index is 0.0498. The first-order chi connectivity index (χ1) is 14.3. The standard InChI is InChI=1S/C22H20N2O5S/c1-15-12-19-20(29-22(25)24(19)2)13-21(15)30(26,27)23-17-8-10-18(11-9-17)28-14-16-6-4-3-5-7-16/h3-13,23H,14H2,1-2H3. The molecule has 1 heterocycles. The molecule has 0 bridgehead atoms. The van der Waals surface area contributed by atoms with Crippen LogP contribution in [0.4, 0.5) is 5.69 Å². The molecule has 0 radical (unpaired) electrons. The Labute approximate surface area is 173 Å². The summed E-state index contributed by atoms with van der Waals surface area (Å²) in [5.74, 6) is 0.0865. The highest BCUT2D eigenvalue weighted by Gasteiger charge is 2.20. The SMILES string of the molecule is Cc1cc2c(cc1S(=O)(=O)Nc1ccc(OCc3ccccc3)cc1)oc(=O)n2C. The third-order valence-corrected chi connectivity index (χ3v) is 6.26. The monoisotopic (exact) mass is 424 g/mol. The van der Waals surface area contributed by atoms with Crippen molar-refractivity contribution in [1.82, 2.24) is 4.57 Å². The predicted octanol–water partition coefficient (Wildman–Crippen LogP) is 3.82. The van der Waals surface area contributed by atoms with Crippen LogP contribution < -0.4 is 15.2 Å². The highest BCUT2D eigenvalue weighted by molar-refractivity contribution is 7.92. The number of aryl methyl sites for hydroxylation is 2. The summed E-state index contributed by atoms with van der Waals surface area (Å²) in [6.45, 7) is 2.10. The molecule has 8 heteroatoms. The van der Waals surface area contributed by atoms with Crippen molar-refractivity contribution in [3.63, 3.8) is 0 Å². The number of aromatic nitrogens is 1. The van der Waals surface area contributed by atoms with Gasteiger partial charge in [0.1, 0.15) is 12.4 Å². The molecule has 0 aliphatic rings. The number of hydrogen-bond acceptors (Lipinski definition) is 5. The summed E-state index contributed by atoms with van der Waals surface area (Å²) in [7, 11) is -2.30. The molecular formula is C22H20N2O5S. The Morgan fingerprint density at radius 2 is 1.73 bits per heavy atom. The Morgan fingerprint density at radius 1 is 1.03 bits per heavy atom. The van der Waals surface area contributed by atoms with Crippen LogP contribution in [-0.2, 0) is 23.7 Å². The number of benzene rings is 3. The summed E-state index contributed by atoms with van der Waals surface area (Å²) >= 11 is 0. The quantitative estimate of drug-likeness (QED) is 0.508. The van der Waals surface area contributed by atoms with Gasteiger partial charge in [0.2, 0.25) is 0 Å². The summed E-state index contributed by atoms with van der Waals surface area (Å²) in [6, 6.07) is 19.4. The molecule has 0 aliphatic carbocycles. The van der Waals surface area contributed by atoms with Crippen molar-refractivity contribution in [3.8, 4) is 5.75 Å². The number of nitrogens with one attached hydrogen (secondary N) is 1. The Balaban J connectivity index is 1.52. The van der Waals surface area contributed by atoms with Gasteiger partial charge in [-0.05, 0) is 48.4 Å². The number of fused-ring (bicyclic) bond motifs is 1. The molecule has 0 atom stereocenters. The first kappa shape index (κ1) is 19.8. The van der Waals surface area contributed by atoms with Gasteiger partial charge in [-0.15, -0.1) is 0 Å². The number of nitrogens with zero attached hydrogens (tertiary/aromatic N) is 1. The van der Waals surface area contributed by atoms with Crippen molar-refractivity contribution in [2.45, 2.75) is 18.4 Å². The van der Waals surface area contributed by atoms with E-state index in [1.54, 1.807) is 44.3 Å². The predicted molar refractivity (Wildman–Crippen MR) is 114 cm³/mol. The number of sulfonamides is 1. The van der Waals surface area contributed by atoms with Crippen LogP contribution in [0.15, 0.2) is 80.8 Å². The molecule has 4 rings (SSSR count). The molecule has 0 amide bonds. The fourth-order valence-corrected chi connectivity index (χ4v) is 4.42. The number of ether oxygens (including phenoxy) is 1. The molecule has 30 heavy (non-hydrogen) atoms. The average Bonchev–Trinajstić information content (AvgIpc) is 3.01. The molecule has 0 fully saturated rings. The van der Waals surface area contributed by atoms with Gasteiger partial charge in [-0.3, -0.25) is 9.29 Å². The number of hydrogen-bond donors (Lipinski definition) is 1. The first-order valence-electron chi connectivity index (χ1n) is 9.23. The molecule has 0 spiro atoms. The lowest BCUT2D eigenvalue weighted by atomic mass is 10.2. The van der Waals surface area contributed by atoms with E-state index in [0.29, 0.717) is 29.1 Å². The molecule has 0 saturated heterocycles. The fraction of sp³-hybridized carbons (Fsp3) is 0.136. The van der Waals surface area contributed by atoms with Gasteiger partial charge in [0.15, 0.2) is 5.58 Å². The first-order valence-corrected chi connectivity index (χ1v) is 10.7. The molecule has 0 aliphatic heterocycles. The summed E-state index contributed by atoms with van der Waals surface area (Å²) in [5.41, 5.74) is 2.71. The van der Waals surface area contributed by atoms with Gasteiger partial charge < -0.3 is 9.15 Å². The highest BCUT2D eigenvalue weighted by Crippen LogP contribution is 2.25. The zero-order valence-corrected chi connectivity index (χ0v) is 17.3. The Morgan fingerprint density at radius 3 is 2.43 bits per heavy atom. The van der Waals surface area contributed by atoms with Gasteiger partial charge in [-0.25, -0.2) is 13.2 Å². The maximum absolute atomic E-state index is 12.9. The lowest BCUT2D eigenvalue weighted by molar-refractivity contribution is 0.306. The van der Waals surface area contributed by atoms with E-state index < -0.39 is 15.8 Å². The van der Waals surface area contributed by atoms with Crippen LogP contribution in [0.1, 0.15) is 11.1 Å². The Bertz CT molecular complexity index is 1350. The van der Waals surface area contributed by atoms with Gasteiger partial charge in [0.25, 0.3) is 10.0 Å². The maximum Gasteiger partial charge on any atom is 0.419 e. The molecule has 1 aromatic heterocycles. The molecule has 3 aromatic carbocycles. The van der Waals surface area contributed by atoms with E-state index >= 15 is 0 Å². The average molecular weight is 424 g/mol. The second kappa shape index (κ2) is 7.72. The number of anilines is 1. The molecule has 0 unspecified atom stereocenters. The minimum Gasteiger partial charge on any atom is -0.489 e.